The van der Waals surface area contributed by atoms with Crippen LogP contribution in [0.25, 0.3) is 60.5 Å². The first-order valence-corrected chi connectivity index (χ1v) is 23.6. The lowest BCUT2D eigenvalue weighted by Crippen LogP contribution is -2.42. The van der Waals surface area contributed by atoms with Crippen molar-refractivity contribution in [2.24, 2.45) is 5.41 Å². The normalized spacial score (nSPS) is 12.1. The molecule has 0 spiro atoms. The fraction of sp³-hybridized carbons (Fsp3) is 0.152. The highest BCUT2D eigenvalue weighted by molar-refractivity contribution is 8.01. The maximum atomic E-state index is 11.9. The summed E-state index contributed by atoms with van der Waals surface area (Å²) >= 11 is 11.6. The summed E-state index contributed by atoms with van der Waals surface area (Å²) in [6.07, 6.45) is 1.23. The van der Waals surface area contributed by atoms with Crippen LogP contribution in [0, 0.1) is 5.41 Å². The highest BCUT2D eigenvalue weighted by atomic mass is 32.2. The Bertz CT molecular complexity index is 2550. The predicted molar refractivity (Wildman–Crippen MR) is 247 cm³/mol. The van der Waals surface area contributed by atoms with Gasteiger partial charge >= 0.3 is 5.97 Å². The lowest BCUT2D eigenvalue weighted by Gasteiger charge is -2.34. The van der Waals surface area contributed by atoms with Crippen LogP contribution in [0.1, 0.15) is 0 Å². The van der Waals surface area contributed by atoms with Gasteiger partial charge in [-0.25, -0.2) is 4.79 Å². The van der Waals surface area contributed by atoms with E-state index in [4.69, 9.17) is 4.74 Å². The van der Waals surface area contributed by atoms with Crippen LogP contribution in [0.5, 0.6) is 0 Å². The molecule has 0 saturated carbocycles. The Morgan fingerprint density at radius 1 is 0.564 bits per heavy atom. The summed E-state index contributed by atoms with van der Waals surface area (Å²) in [4.78, 5) is 15.9. The van der Waals surface area contributed by atoms with E-state index in [-0.39, 0.29) is 11.4 Å². The van der Waals surface area contributed by atoms with Gasteiger partial charge in [0.25, 0.3) is 0 Å². The summed E-state index contributed by atoms with van der Waals surface area (Å²) in [5.41, 5.74) is -0.140. The van der Waals surface area contributed by atoms with Gasteiger partial charge in [-0.2, -0.15) is 0 Å². The van der Waals surface area contributed by atoms with Gasteiger partial charge in [-0.3, -0.25) is 0 Å². The second-order valence-corrected chi connectivity index (χ2v) is 19.8. The quantitative estimate of drug-likeness (QED) is 0.0480. The summed E-state index contributed by atoms with van der Waals surface area (Å²) in [5.74, 6) is 2.37. The van der Waals surface area contributed by atoms with Crippen molar-refractivity contribution in [1.82, 2.24) is 5.32 Å². The van der Waals surface area contributed by atoms with E-state index in [9.17, 15) is 4.79 Å². The van der Waals surface area contributed by atoms with Gasteiger partial charge in [-0.1, -0.05) is 97.6 Å². The average Bonchev–Trinajstić information content (AvgIpc) is 3.93. The van der Waals surface area contributed by atoms with E-state index < -0.39 is 0 Å². The number of esters is 1. The van der Waals surface area contributed by atoms with Gasteiger partial charge < -0.3 is 10.1 Å². The predicted octanol–water partition coefficient (Wildman–Crippen LogP) is 13.8. The van der Waals surface area contributed by atoms with Crippen LogP contribution in [-0.2, 0) is 9.53 Å². The maximum Gasteiger partial charge on any atom is 0.330 e. The van der Waals surface area contributed by atoms with Crippen molar-refractivity contribution in [3.63, 3.8) is 0 Å². The molecule has 9 aromatic rings. The van der Waals surface area contributed by atoms with Gasteiger partial charge in [0.2, 0.25) is 0 Å². The Labute approximate surface area is 345 Å². The van der Waals surface area contributed by atoms with Gasteiger partial charge in [0.15, 0.2) is 0 Å². The van der Waals surface area contributed by atoms with E-state index in [1.807, 2.05) is 69.3 Å². The molecule has 3 heterocycles. The topological polar surface area (TPSA) is 38.3 Å². The van der Waals surface area contributed by atoms with Crippen LogP contribution in [0.4, 0.5) is 0 Å². The van der Waals surface area contributed by atoms with Gasteiger partial charge in [0.1, 0.15) is 6.61 Å². The van der Waals surface area contributed by atoms with Crippen LogP contribution in [0.3, 0.4) is 0 Å². The molecule has 1 N–H and O–H groups in total. The molecule has 3 nitrogen and oxygen atoms in total. The highest BCUT2D eigenvalue weighted by Crippen LogP contribution is 2.47. The molecule has 55 heavy (non-hydrogen) atoms. The number of hydrogen-bond acceptors (Lipinski definition) is 9. The zero-order valence-electron chi connectivity index (χ0n) is 29.9. The van der Waals surface area contributed by atoms with Crippen LogP contribution >= 0.6 is 69.3 Å². The lowest BCUT2D eigenvalue weighted by atomic mass is 9.95. The number of thiophene rings is 3. The molecule has 0 amide bonds. The number of benzene rings is 6. The molecule has 0 radical (unpaired) electrons. The summed E-state index contributed by atoms with van der Waals surface area (Å²) in [7, 11) is 0. The third-order valence-corrected chi connectivity index (χ3v) is 18.2. The molecule has 0 aliphatic heterocycles. The van der Waals surface area contributed by atoms with Crippen molar-refractivity contribution >= 4 is 136 Å². The fourth-order valence-corrected chi connectivity index (χ4v) is 15.3. The van der Waals surface area contributed by atoms with Crippen molar-refractivity contribution in [1.29, 1.82) is 0 Å². The van der Waals surface area contributed by atoms with Gasteiger partial charge in [0.05, 0.1) is 0 Å². The number of nitrogens with one attached hydrogen (secondary N) is 1. The number of ether oxygens (including phenoxy) is 1. The number of hydrogen-bond donors (Lipinski definition) is 1. The Kier molecular flexibility index (Phi) is 10.9. The summed E-state index contributed by atoms with van der Waals surface area (Å²) in [6, 6.07) is 46.6. The van der Waals surface area contributed by atoms with E-state index in [0.717, 1.165) is 23.8 Å². The Morgan fingerprint density at radius 3 is 1.35 bits per heavy atom. The third kappa shape index (κ3) is 7.56. The molecule has 0 saturated heterocycles. The molecule has 274 valence electrons. The van der Waals surface area contributed by atoms with Crippen LogP contribution in [0.2, 0.25) is 0 Å². The molecule has 0 aliphatic rings. The molecule has 0 fully saturated rings. The van der Waals surface area contributed by atoms with Crippen molar-refractivity contribution in [2.45, 2.75) is 14.7 Å². The minimum absolute atomic E-state index is 0.140. The molecule has 0 bridgehead atoms. The van der Waals surface area contributed by atoms with Gasteiger partial charge in [-0.05, 0) is 36.4 Å². The first-order valence-electron chi connectivity index (χ1n) is 18.2. The summed E-state index contributed by atoms with van der Waals surface area (Å²) in [5, 5.41) is 11.7. The monoisotopic (exact) mass is 827 g/mol. The maximum absolute atomic E-state index is 11.9. The van der Waals surface area contributed by atoms with Crippen molar-refractivity contribution in [3.8, 4) is 0 Å². The number of carbonyl (C=O) groups excluding carboxylic acids is 1. The second kappa shape index (κ2) is 16.4. The molecule has 9 rings (SSSR count). The minimum atomic E-state index is -0.390. The van der Waals surface area contributed by atoms with Crippen molar-refractivity contribution < 1.29 is 9.53 Å². The Hall–Kier alpha value is -3.80. The van der Waals surface area contributed by atoms with E-state index in [0.29, 0.717) is 13.2 Å². The molecule has 0 atom stereocenters. The van der Waals surface area contributed by atoms with Crippen molar-refractivity contribution in [3.05, 3.63) is 140 Å². The van der Waals surface area contributed by atoms with Crippen LogP contribution in [-0.4, -0.2) is 42.9 Å². The zero-order valence-corrected chi connectivity index (χ0v) is 34.8. The van der Waals surface area contributed by atoms with Gasteiger partial charge in [-0.15, -0.1) is 69.3 Å². The Morgan fingerprint density at radius 2 is 0.945 bits per heavy atom. The SMILES string of the molecule is C=CC(=O)OCCNCC(CSc1cccc2c1sc1ccccc12)(CSc1cccc2c1sc1ccccc12)CSc1cccc2c1sc1ccccc12. The zero-order chi connectivity index (χ0) is 37.2. The molecular formula is C46H37NO2S6. The molecule has 0 unspecified atom stereocenters. The van der Waals surface area contributed by atoms with E-state index in [1.54, 1.807) is 0 Å². The van der Waals surface area contributed by atoms with Crippen molar-refractivity contribution in [2.75, 3.05) is 37.0 Å². The number of rotatable bonds is 15. The highest BCUT2D eigenvalue weighted by Gasteiger charge is 2.32. The van der Waals surface area contributed by atoms with Gasteiger partial charge in [0, 0.05) is 117 Å². The molecule has 9 heteroatoms. The first-order chi connectivity index (χ1) is 27.1. The molecule has 6 aromatic carbocycles. The molecule has 3 aromatic heterocycles. The number of fused-ring (bicyclic) bond motifs is 9. The summed E-state index contributed by atoms with van der Waals surface area (Å²) < 4.78 is 13.4. The number of carbonyl (C=O) groups is 1. The van der Waals surface area contributed by atoms with E-state index in [2.05, 4.69) is 139 Å². The first kappa shape index (κ1) is 36.8. The molecular weight excluding hydrogens is 791 g/mol. The smallest absolute Gasteiger partial charge is 0.330 e. The molecule has 0 aliphatic carbocycles. The third-order valence-electron chi connectivity index (χ3n) is 9.90. The number of thioether (sulfide) groups is 3. The van der Waals surface area contributed by atoms with E-state index >= 15 is 0 Å². The Balaban J connectivity index is 1.08. The second-order valence-electron chi connectivity index (χ2n) is 13.6. The van der Waals surface area contributed by atoms with Crippen LogP contribution < -0.4 is 5.32 Å². The summed E-state index contributed by atoms with van der Waals surface area (Å²) in [6.45, 7) is 5.22. The largest absolute Gasteiger partial charge is 0.461 e. The lowest BCUT2D eigenvalue weighted by molar-refractivity contribution is -0.137. The van der Waals surface area contributed by atoms with Crippen LogP contribution in [0.15, 0.2) is 155 Å². The van der Waals surface area contributed by atoms with E-state index in [1.165, 1.54) is 81.3 Å². The average molecular weight is 828 g/mol. The fourth-order valence-electron chi connectivity index (χ4n) is 7.11. The minimum Gasteiger partial charge on any atom is -0.461 e. The standard InChI is InChI=1S/C46H37NO2S6/c1-2-42(48)49-25-24-47-26-46(27-50-39-21-9-15-33-30-12-3-6-18-36(30)53-43(33)39,28-51-40-22-10-16-34-31-13-4-7-19-37(31)54-44(34)40)29-52-41-23-11-17-35-32-14-5-8-20-38(32)55-45(35)41/h2-23,47H,1,24-29H2.